The van der Waals surface area contributed by atoms with Gasteiger partial charge in [-0.1, -0.05) is 18.2 Å². The van der Waals surface area contributed by atoms with Crippen LogP contribution in [0.15, 0.2) is 47.8 Å². The number of aliphatic imine (C=N–C) groups is 1. The van der Waals surface area contributed by atoms with Gasteiger partial charge in [0.1, 0.15) is 6.10 Å². The van der Waals surface area contributed by atoms with Crippen LogP contribution in [0.1, 0.15) is 17.2 Å². The Hall–Kier alpha value is -2.80. The number of hydrogen-bond donors (Lipinski definition) is 2. The summed E-state index contributed by atoms with van der Waals surface area (Å²) in [5.41, 5.74) is 3.62. The van der Waals surface area contributed by atoms with Gasteiger partial charge < -0.3 is 19.9 Å². The molecule has 7 heteroatoms. The van der Waals surface area contributed by atoms with Crippen molar-refractivity contribution in [2.75, 3.05) is 33.3 Å². The molecule has 1 fully saturated rings. The predicted molar refractivity (Wildman–Crippen MR) is 107 cm³/mol. The molecule has 4 rings (SSSR count). The topological polar surface area (TPSA) is 70.5 Å². The molecule has 1 aromatic carbocycles. The van der Waals surface area contributed by atoms with Crippen LogP contribution >= 0.6 is 0 Å². The smallest absolute Gasteiger partial charge is 0.193 e. The molecular formula is C20H26N6O. The molecule has 1 aliphatic rings. The Morgan fingerprint density at radius 3 is 3.11 bits per heavy atom. The summed E-state index contributed by atoms with van der Waals surface area (Å²) in [6.07, 6.45) is 6.96. The number of para-hydroxylation sites is 1. The van der Waals surface area contributed by atoms with Gasteiger partial charge in [0.25, 0.3) is 0 Å². The summed E-state index contributed by atoms with van der Waals surface area (Å²) < 4.78 is 7.74. The molecular weight excluding hydrogens is 340 g/mol. The fourth-order valence-corrected chi connectivity index (χ4v) is 3.63. The Bertz CT molecular complexity index is 927. The Morgan fingerprint density at radius 2 is 2.30 bits per heavy atom. The van der Waals surface area contributed by atoms with Crippen LogP contribution in [-0.4, -0.2) is 58.9 Å². The molecule has 0 bridgehead atoms. The van der Waals surface area contributed by atoms with Crippen LogP contribution in [0.5, 0.6) is 0 Å². The van der Waals surface area contributed by atoms with E-state index in [1.807, 2.05) is 31.2 Å². The number of fused-ring (bicyclic) bond motifs is 1. The van der Waals surface area contributed by atoms with Crippen molar-refractivity contribution in [3.63, 3.8) is 0 Å². The summed E-state index contributed by atoms with van der Waals surface area (Å²) >= 11 is 0. The minimum Gasteiger partial charge on any atom is -0.370 e. The lowest BCUT2D eigenvalue weighted by Gasteiger charge is -2.34. The maximum atomic E-state index is 5.93. The SMILES string of the molecule is CN=C(NCCc1c[nH]c2ccccc12)N1CCOC(c2cnn(C)c2)C1. The van der Waals surface area contributed by atoms with Gasteiger partial charge in [0.15, 0.2) is 5.96 Å². The summed E-state index contributed by atoms with van der Waals surface area (Å²) in [6, 6.07) is 8.41. The number of guanidine groups is 1. The second-order valence-electron chi connectivity index (χ2n) is 6.84. The normalized spacial score (nSPS) is 18.2. The Morgan fingerprint density at radius 1 is 1.41 bits per heavy atom. The number of hydrogen-bond acceptors (Lipinski definition) is 3. The highest BCUT2D eigenvalue weighted by Crippen LogP contribution is 2.22. The summed E-state index contributed by atoms with van der Waals surface area (Å²) in [5.74, 6) is 0.923. The summed E-state index contributed by atoms with van der Waals surface area (Å²) in [5, 5.41) is 9.05. The first-order chi connectivity index (χ1) is 13.2. The maximum absolute atomic E-state index is 5.93. The van der Waals surface area contributed by atoms with Crippen molar-refractivity contribution in [2.45, 2.75) is 12.5 Å². The van der Waals surface area contributed by atoms with E-state index in [0.717, 1.165) is 37.6 Å². The van der Waals surface area contributed by atoms with Crippen molar-refractivity contribution < 1.29 is 4.74 Å². The van der Waals surface area contributed by atoms with Gasteiger partial charge in [0, 0.05) is 56.0 Å². The molecule has 0 aliphatic carbocycles. The number of aromatic nitrogens is 3. The number of nitrogens with zero attached hydrogens (tertiary/aromatic N) is 4. The largest absolute Gasteiger partial charge is 0.370 e. The quantitative estimate of drug-likeness (QED) is 0.548. The van der Waals surface area contributed by atoms with E-state index < -0.39 is 0 Å². The molecule has 0 amide bonds. The van der Waals surface area contributed by atoms with Crippen molar-refractivity contribution >= 4 is 16.9 Å². The van der Waals surface area contributed by atoms with Crippen LogP contribution in [0, 0.1) is 0 Å². The Balaban J connectivity index is 1.36. The van der Waals surface area contributed by atoms with Gasteiger partial charge in [-0.05, 0) is 18.1 Å². The number of ether oxygens (including phenoxy) is 1. The number of aromatic amines is 1. The summed E-state index contributed by atoms with van der Waals surface area (Å²) in [7, 11) is 3.76. The first-order valence-corrected chi connectivity index (χ1v) is 9.35. The number of rotatable bonds is 4. The molecule has 1 aliphatic heterocycles. The van der Waals surface area contributed by atoms with Gasteiger partial charge in [0.2, 0.25) is 0 Å². The standard InChI is InChI=1S/C20H26N6O/c1-21-20(22-8-7-15-11-23-18-6-4-3-5-17(15)18)26-9-10-27-19(14-26)16-12-24-25(2)13-16/h3-6,11-13,19,23H,7-10,14H2,1-2H3,(H,21,22). The highest BCUT2D eigenvalue weighted by molar-refractivity contribution is 5.83. The third-order valence-electron chi connectivity index (χ3n) is 5.03. The van der Waals surface area contributed by atoms with Crippen LogP contribution in [0.2, 0.25) is 0 Å². The average molecular weight is 366 g/mol. The zero-order valence-corrected chi connectivity index (χ0v) is 15.9. The molecule has 0 radical (unpaired) electrons. The van der Waals surface area contributed by atoms with Crippen molar-refractivity contribution in [1.82, 2.24) is 25.0 Å². The Kier molecular flexibility index (Phi) is 5.11. The van der Waals surface area contributed by atoms with Crippen molar-refractivity contribution in [3.05, 3.63) is 54.0 Å². The molecule has 7 nitrogen and oxygen atoms in total. The molecule has 27 heavy (non-hydrogen) atoms. The number of aryl methyl sites for hydroxylation is 1. The van der Waals surface area contributed by atoms with Crippen molar-refractivity contribution in [2.24, 2.45) is 12.0 Å². The third kappa shape index (κ3) is 3.83. The lowest BCUT2D eigenvalue weighted by molar-refractivity contribution is -0.00800. The summed E-state index contributed by atoms with van der Waals surface area (Å²) in [4.78, 5) is 10.1. The first-order valence-electron chi connectivity index (χ1n) is 9.35. The van der Waals surface area contributed by atoms with Crippen LogP contribution < -0.4 is 5.32 Å². The van der Waals surface area contributed by atoms with E-state index in [4.69, 9.17) is 4.74 Å². The maximum Gasteiger partial charge on any atom is 0.193 e. The third-order valence-corrected chi connectivity index (χ3v) is 5.03. The van der Waals surface area contributed by atoms with Crippen LogP contribution in [0.4, 0.5) is 0 Å². The molecule has 3 heterocycles. The number of H-pyrrole nitrogens is 1. The zero-order valence-electron chi connectivity index (χ0n) is 15.9. The second-order valence-corrected chi connectivity index (χ2v) is 6.84. The molecule has 2 aromatic heterocycles. The molecule has 0 saturated carbocycles. The van der Waals surface area contributed by atoms with E-state index >= 15 is 0 Å². The second kappa shape index (κ2) is 7.84. The lowest BCUT2D eigenvalue weighted by Crippen LogP contribution is -2.48. The van der Waals surface area contributed by atoms with Gasteiger partial charge in [-0.15, -0.1) is 0 Å². The van der Waals surface area contributed by atoms with Gasteiger partial charge >= 0.3 is 0 Å². The number of benzene rings is 1. The van der Waals surface area contributed by atoms with Crippen molar-refractivity contribution in [3.8, 4) is 0 Å². The minimum atomic E-state index is 0.0274. The predicted octanol–water partition coefficient (Wildman–Crippen LogP) is 2.09. The fourth-order valence-electron chi connectivity index (χ4n) is 3.63. The van der Waals surface area contributed by atoms with E-state index in [9.17, 15) is 0 Å². The van der Waals surface area contributed by atoms with Crippen molar-refractivity contribution in [1.29, 1.82) is 0 Å². The molecule has 1 saturated heterocycles. The first kappa shape index (κ1) is 17.6. The lowest BCUT2D eigenvalue weighted by atomic mass is 10.1. The van der Waals surface area contributed by atoms with Gasteiger partial charge in [-0.2, -0.15) is 5.10 Å². The van der Waals surface area contributed by atoms with E-state index in [1.54, 1.807) is 0 Å². The molecule has 1 unspecified atom stereocenters. The highest BCUT2D eigenvalue weighted by Gasteiger charge is 2.25. The monoisotopic (exact) mass is 366 g/mol. The van der Waals surface area contributed by atoms with Gasteiger partial charge in [-0.3, -0.25) is 9.67 Å². The Labute approximate surface area is 159 Å². The van der Waals surface area contributed by atoms with Crippen LogP contribution in [-0.2, 0) is 18.2 Å². The highest BCUT2D eigenvalue weighted by atomic mass is 16.5. The van der Waals surface area contributed by atoms with Crippen LogP contribution in [0.25, 0.3) is 10.9 Å². The van der Waals surface area contributed by atoms with E-state index in [-0.39, 0.29) is 6.10 Å². The average Bonchev–Trinajstić information content (AvgIpc) is 3.32. The van der Waals surface area contributed by atoms with E-state index in [0.29, 0.717) is 6.61 Å². The van der Waals surface area contributed by atoms with Crippen LogP contribution in [0.3, 0.4) is 0 Å². The molecule has 3 aromatic rings. The van der Waals surface area contributed by atoms with Gasteiger partial charge in [0.05, 0.1) is 19.3 Å². The van der Waals surface area contributed by atoms with E-state index in [2.05, 4.69) is 55.8 Å². The minimum absolute atomic E-state index is 0.0274. The molecule has 2 N–H and O–H groups in total. The molecule has 0 spiro atoms. The molecule has 142 valence electrons. The van der Waals surface area contributed by atoms with E-state index in [1.165, 1.54) is 16.5 Å². The number of nitrogens with one attached hydrogen (secondary N) is 2. The summed E-state index contributed by atoms with van der Waals surface area (Å²) in [6.45, 7) is 3.13. The zero-order chi connectivity index (χ0) is 18.6. The molecule has 1 atom stereocenters. The number of morpholine rings is 1. The fraction of sp³-hybridized carbons (Fsp3) is 0.400. The van der Waals surface area contributed by atoms with Gasteiger partial charge in [-0.25, -0.2) is 0 Å².